The van der Waals surface area contributed by atoms with Gasteiger partial charge in [0.1, 0.15) is 0 Å². The smallest absolute Gasteiger partial charge is 0.0994 e. The molecule has 1 rings (SSSR count). The second-order valence-corrected chi connectivity index (χ2v) is 2.17. The fraction of sp³-hybridized carbons (Fsp3) is 0.111. The molecule has 0 heterocycles. The first-order chi connectivity index (χ1) is 5.69. The standard InChI is InChI=1S/C9H6N2/c1-7-4-8(5-10)2-3-9(7)6-11/h2-4H,1H3/i3D. The number of hydrogen-bond donors (Lipinski definition) is 0. The van der Waals surface area contributed by atoms with Crippen LogP contribution in [0.2, 0.25) is 0 Å². The Morgan fingerprint density at radius 3 is 2.64 bits per heavy atom. The Balaban J connectivity index is 3.43. The maximum absolute atomic E-state index is 8.61. The molecule has 1 aromatic carbocycles. The Hall–Kier alpha value is -1.80. The fourth-order valence-electron chi connectivity index (χ4n) is 0.796. The van der Waals surface area contributed by atoms with Crippen molar-refractivity contribution in [3.63, 3.8) is 0 Å². The Labute approximate surface area is 66.7 Å². The second kappa shape index (κ2) is 2.86. The van der Waals surface area contributed by atoms with Gasteiger partial charge in [-0.15, -0.1) is 0 Å². The third-order valence-electron chi connectivity index (χ3n) is 1.38. The quantitative estimate of drug-likeness (QED) is 0.555. The van der Waals surface area contributed by atoms with Crippen LogP contribution in [0.5, 0.6) is 0 Å². The SMILES string of the molecule is [2H]c1cc(C#N)cc(C)c1C#N. The molecule has 0 aromatic heterocycles. The highest BCUT2D eigenvalue weighted by Crippen LogP contribution is 2.08. The molecule has 0 bridgehead atoms. The van der Waals surface area contributed by atoms with E-state index in [0.29, 0.717) is 16.7 Å². The Bertz CT molecular complexity index is 373. The summed E-state index contributed by atoms with van der Waals surface area (Å²) in [5.41, 5.74) is 1.45. The van der Waals surface area contributed by atoms with E-state index in [2.05, 4.69) is 0 Å². The van der Waals surface area contributed by atoms with Crippen LogP contribution in [0.3, 0.4) is 0 Å². The van der Waals surface area contributed by atoms with Crippen molar-refractivity contribution >= 4 is 0 Å². The first-order valence-electron chi connectivity index (χ1n) is 3.60. The van der Waals surface area contributed by atoms with E-state index in [1.165, 1.54) is 6.07 Å². The van der Waals surface area contributed by atoms with Crippen molar-refractivity contribution in [2.75, 3.05) is 0 Å². The molecule has 0 spiro atoms. The van der Waals surface area contributed by atoms with Gasteiger partial charge in [-0.05, 0) is 30.7 Å². The lowest BCUT2D eigenvalue weighted by Gasteiger charge is -1.94. The van der Waals surface area contributed by atoms with Crippen molar-refractivity contribution in [1.29, 1.82) is 10.5 Å². The van der Waals surface area contributed by atoms with E-state index >= 15 is 0 Å². The Morgan fingerprint density at radius 1 is 1.45 bits per heavy atom. The summed E-state index contributed by atoms with van der Waals surface area (Å²) < 4.78 is 7.38. The van der Waals surface area contributed by atoms with Crippen LogP contribution >= 0.6 is 0 Å². The lowest BCUT2D eigenvalue weighted by molar-refractivity contribution is 1.37. The highest BCUT2D eigenvalue weighted by molar-refractivity contribution is 5.43. The van der Waals surface area contributed by atoms with Gasteiger partial charge in [-0.25, -0.2) is 0 Å². The van der Waals surface area contributed by atoms with Gasteiger partial charge < -0.3 is 0 Å². The molecular formula is C9H6N2. The summed E-state index contributed by atoms with van der Waals surface area (Å²) in [5, 5.41) is 17.1. The molecule has 0 atom stereocenters. The normalized spacial score (nSPS) is 9.55. The highest BCUT2D eigenvalue weighted by Gasteiger charge is 1.96. The number of aryl methyl sites for hydroxylation is 1. The molecule has 11 heavy (non-hydrogen) atoms. The van der Waals surface area contributed by atoms with E-state index in [1.807, 2.05) is 12.1 Å². The molecule has 2 heteroatoms. The zero-order valence-electron chi connectivity index (χ0n) is 7.05. The molecule has 1 aromatic rings. The van der Waals surface area contributed by atoms with Gasteiger partial charge in [-0.2, -0.15) is 10.5 Å². The van der Waals surface area contributed by atoms with Gasteiger partial charge in [0.15, 0.2) is 0 Å². The van der Waals surface area contributed by atoms with Crippen LogP contribution in [-0.4, -0.2) is 0 Å². The van der Waals surface area contributed by atoms with E-state index in [1.54, 1.807) is 13.0 Å². The summed E-state index contributed by atoms with van der Waals surface area (Å²) in [7, 11) is 0. The number of nitriles is 2. The minimum absolute atomic E-state index is 0.119. The van der Waals surface area contributed by atoms with Gasteiger partial charge in [0.25, 0.3) is 0 Å². The van der Waals surface area contributed by atoms with Crippen molar-refractivity contribution in [3.05, 3.63) is 34.9 Å². The van der Waals surface area contributed by atoms with Gasteiger partial charge in [0.05, 0.1) is 24.6 Å². The Morgan fingerprint density at radius 2 is 2.18 bits per heavy atom. The predicted molar refractivity (Wildman–Crippen MR) is 40.6 cm³/mol. The fourth-order valence-corrected chi connectivity index (χ4v) is 0.796. The molecular weight excluding hydrogens is 136 g/mol. The molecule has 0 saturated carbocycles. The monoisotopic (exact) mass is 143 g/mol. The van der Waals surface area contributed by atoms with Crippen molar-refractivity contribution in [2.24, 2.45) is 0 Å². The summed E-state index contributed by atoms with van der Waals surface area (Å²) in [4.78, 5) is 0. The summed E-state index contributed by atoms with van der Waals surface area (Å²) in [6.07, 6.45) is 0. The number of benzene rings is 1. The zero-order chi connectivity index (χ0) is 9.14. The minimum Gasteiger partial charge on any atom is -0.192 e. The van der Waals surface area contributed by atoms with Crippen molar-refractivity contribution < 1.29 is 1.37 Å². The van der Waals surface area contributed by atoms with Crippen LogP contribution in [0.15, 0.2) is 18.2 Å². The summed E-state index contributed by atoms with van der Waals surface area (Å²) in [5.74, 6) is 0. The van der Waals surface area contributed by atoms with Crippen molar-refractivity contribution in [3.8, 4) is 12.1 Å². The topological polar surface area (TPSA) is 47.6 Å². The van der Waals surface area contributed by atoms with Crippen molar-refractivity contribution in [2.45, 2.75) is 6.92 Å². The van der Waals surface area contributed by atoms with E-state index in [0.717, 1.165) is 0 Å². The van der Waals surface area contributed by atoms with Crippen LogP contribution in [0, 0.1) is 29.6 Å². The molecule has 2 nitrogen and oxygen atoms in total. The predicted octanol–water partition coefficient (Wildman–Crippen LogP) is 1.74. The molecule has 0 saturated heterocycles. The van der Waals surface area contributed by atoms with Crippen LogP contribution in [0.1, 0.15) is 18.1 Å². The van der Waals surface area contributed by atoms with Crippen LogP contribution in [0.25, 0.3) is 0 Å². The molecule has 0 aliphatic carbocycles. The van der Waals surface area contributed by atoms with Crippen LogP contribution in [-0.2, 0) is 0 Å². The van der Waals surface area contributed by atoms with E-state index < -0.39 is 0 Å². The molecule has 0 unspecified atom stereocenters. The van der Waals surface area contributed by atoms with E-state index in [-0.39, 0.29) is 6.04 Å². The van der Waals surface area contributed by atoms with Gasteiger partial charge in [-0.3, -0.25) is 0 Å². The number of hydrogen-bond acceptors (Lipinski definition) is 2. The minimum atomic E-state index is 0.119. The molecule has 0 aliphatic heterocycles. The third kappa shape index (κ3) is 1.36. The highest BCUT2D eigenvalue weighted by atomic mass is 14.3. The zero-order valence-corrected chi connectivity index (χ0v) is 6.05. The molecule has 0 fully saturated rings. The first-order valence-corrected chi connectivity index (χ1v) is 3.10. The van der Waals surface area contributed by atoms with Crippen molar-refractivity contribution in [1.82, 2.24) is 0 Å². The van der Waals surface area contributed by atoms with Gasteiger partial charge in [0, 0.05) is 0 Å². The second-order valence-electron chi connectivity index (χ2n) is 2.17. The lowest BCUT2D eigenvalue weighted by Crippen LogP contribution is -1.82. The summed E-state index contributed by atoms with van der Waals surface area (Å²) in [6.45, 7) is 1.72. The van der Waals surface area contributed by atoms with E-state index in [9.17, 15) is 0 Å². The Kier molecular flexibility index (Phi) is 1.54. The average Bonchev–Trinajstić information content (AvgIpc) is 2.03. The van der Waals surface area contributed by atoms with Gasteiger partial charge >= 0.3 is 0 Å². The number of nitrogens with zero attached hydrogens (tertiary/aromatic N) is 2. The summed E-state index contributed by atoms with van der Waals surface area (Å²) in [6, 6.07) is 6.97. The average molecular weight is 143 g/mol. The van der Waals surface area contributed by atoms with E-state index in [4.69, 9.17) is 11.9 Å². The van der Waals surface area contributed by atoms with Crippen LogP contribution in [0.4, 0.5) is 0 Å². The molecule has 52 valence electrons. The maximum Gasteiger partial charge on any atom is 0.0994 e. The van der Waals surface area contributed by atoms with Gasteiger partial charge in [0.2, 0.25) is 0 Å². The largest absolute Gasteiger partial charge is 0.192 e. The lowest BCUT2D eigenvalue weighted by atomic mass is 10.1. The molecule has 0 aliphatic rings. The molecule has 0 N–H and O–H groups in total. The van der Waals surface area contributed by atoms with Crippen LogP contribution < -0.4 is 0 Å². The van der Waals surface area contributed by atoms with Gasteiger partial charge in [-0.1, -0.05) is 0 Å². The number of rotatable bonds is 0. The first kappa shape index (κ1) is 5.95. The molecule has 0 radical (unpaired) electrons. The maximum atomic E-state index is 8.61. The summed E-state index contributed by atoms with van der Waals surface area (Å²) >= 11 is 0. The third-order valence-corrected chi connectivity index (χ3v) is 1.38. The molecule has 0 amide bonds.